The van der Waals surface area contributed by atoms with Crippen LogP contribution in [0.2, 0.25) is 0 Å². The SMILES string of the molecule is CCc1nc2ccc(NC(=O)c3cc(C4CCCN4)[nH]n3)cc2s1. The van der Waals surface area contributed by atoms with Crippen LogP contribution < -0.4 is 10.6 Å². The summed E-state index contributed by atoms with van der Waals surface area (Å²) in [7, 11) is 0. The van der Waals surface area contributed by atoms with Crippen LogP contribution in [0.25, 0.3) is 10.2 Å². The maximum absolute atomic E-state index is 12.4. The van der Waals surface area contributed by atoms with E-state index in [1.165, 1.54) is 0 Å². The molecule has 24 heavy (non-hydrogen) atoms. The number of amides is 1. The van der Waals surface area contributed by atoms with Crippen LogP contribution in [0.1, 0.15) is 47.0 Å². The molecule has 1 aromatic carbocycles. The average Bonchev–Trinajstić information content (AvgIpc) is 3.32. The molecule has 3 aromatic rings. The van der Waals surface area contributed by atoms with Crippen molar-refractivity contribution in [2.45, 2.75) is 32.2 Å². The lowest BCUT2D eigenvalue weighted by Gasteiger charge is -2.05. The number of carbonyl (C=O) groups is 1. The van der Waals surface area contributed by atoms with E-state index < -0.39 is 0 Å². The number of hydrogen-bond donors (Lipinski definition) is 3. The van der Waals surface area contributed by atoms with Gasteiger partial charge in [0.1, 0.15) is 0 Å². The molecule has 0 bridgehead atoms. The summed E-state index contributed by atoms with van der Waals surface area (Å²) < 4.78 is 1.09. The molecule has 1 aliphatic rings. The van der Waals surface area contributed by atoms with Crippen molar-refractivity contribution >= 4 is 33.1 Å². The molecule has 1 saturated heterocycles. The predicted octanol–water partition coefficient (Wildman–Crippen LogP) is 3.26. The van der Waals surface area contributed by atoms with Gasteiger partial charge in [-0.15, -0.1) is 11.3 Å². The summed E-state index contributed by atoms with van der Waals surface area (Å²) in [5.74, 6) is -0.199. The summed E-state index contributed by atoms with van der Waals surface area (Å²) in [5.41, 5.74) is 3.13. The van der Waals surface area contributed by atoms with Crippen LogP contribution in [0, 0.1) is 0 Å². The van der Waals surface area contributed by atoms with Crippen molar-refractivity contribution < 1.29 is 4.79 Å². The average molecular weight is 341 g/mol. The number of aromatic amines is 1. The Morgan fingerprint density at radius 3 is 3.12 bits per heavy atom. The molecule has 0 radical (unpaired) electrons. The van der Waals surface area contributed by atoms with Crippen LogP contribution in [-0.4, -0.2) is 27.6 Å². The van der Waals surface area contributed by atoms with E-state index in [-0.39, 0.29) is 11.9 Å². The molecule has 4 rings (SSSR count). The fourth-order valence-electron chi connectivity index (χ4n) is 2.98. The summed E-state index contributed by atoms with van der Waals surface area (Å²) in [6.45, 7) is 3.11. The number of H-pyrrole nitrogens is 1. The van der Waals surface area contributed by atoms with E-state index in [1.54, 1.807) is 11.3 Å². The summed E-state index contributed by atoms with van der Waals surface area (Å²) in [6, 6.07) is 7.90. The fraction of sp³-hybridized carbons (Fsp3) is 0.353. The number of benzene rings is 1. The highest BCUT2D eigenvalue weighted by atomic mass is 32.1. The number of fused-ring (bicyclic) bond motifs is 1. The molecule has 1 amide bonds. The van der Waals surface area contributed by atoms with Crippen molar-refractivity contribution in [2.24, 2.45) is 0 Å². The molecule has 0 spiro atoms. The van der Waals surface area contributed by atoms with Crippen molar-refractivity contribution in [1.82, 2.24) is 20.5 Å². The van der Waals surface area contributed by atoms with Gasteiger partial charge in [-0.25, -0.2) is 4.98 Å². The molecular weight excluding hydrogens is 322 g/mol. The Morgan fingerprint density at radius 2 is 2.33 bits per heavy atom. The maximum Gasteiger partial charge on any atom is 0.276 e. The predicted molar refractivity (Wildman–Crippen MR) is 95.5 cm³/mol. The second kappa shape index (κ2) is 6.33. The molecule has 1 unspecified atom stereocenters. The zero-order valence-corrected chi connectivity index (χ0v) is 14.2. The number of anilines is 1. The number of nitrogens with zero attached hydrogens (tertiary/aromatic N) is 2. The zero-order chi connectivity index (χ0) is 16.5. The number of carbonyl (C=O) groups excluding carboxylic acids is 1. The Labute approximate surface area is 143 Å². The number of rotatable bonds is 4. The molecular formula is C17H19N5OS. The van der Waals surface area contributed by atoms with E-state index in [2.05, 4.69) is 32.7 Å². The van der Waals surface area contributed by atoms with Crippen molar-refractivity contribution in [2.75, 3.05) is 11.9 Å². The Balaban J connectivity index is 1.51. The van der Waals surface area contributed by atoms with Gasteiger partial charge in [0.05, 0.1) is 20.9 Å². The van der Waals surface area contributed by atoms with E-state index in [1.807, 2.05) is 24.3 Å². The van der Waals surface area contributed by atoms with Gasteiger partial charge in [-0.05, 0) is 50.1 Å². The van der Waals surface area contributed by atoms with E-state index in [0.717, 1.165) is 52.4 Å². The minimum absolute atomic E-state index is 0.199. The van der Waals surface area contributed by atoms with Gasteiger partial charge in [-0.3, -0.25) is 9.89 Å². The molecule has 124 valence electrons. The lowest BCUT2D eigenvalue weighted by atomic mass is 10.1. The Kier molecular flexibility index (Phi) is 4.03. The largest absolute Gasteiger partial charge is 0.321 e. The smallest absolute Gasteiger partial charge is 0.276 e. The second-order valence-corrected chi connectivity index (χ2v) is 7.07. The number of nitrogens with one attached hydrogen (secondary N) is 3. The first-order valence-electron chi connectivity index (χ1n) is 8.22. The van der Waals surface area contributed by atoms with Crippen LogP contribution in [-0.2, 0) is 6.42 Å². The summed E-state index contributed by atoms with van der Waals surface area (Å²) >= 11 is 1.66. The minimum atomic E-state index is -0.199. The van der Waals surface area contributed by atoms with Crippen molar-refractivity contribution in [3.63, 3.8) is 0 Å². The van der Waals surface area contributed by atoms with Crippen LogP contribution in [0.3, 0.4) is 0 Å². The molecule has 0 aliphatic carbocycles. The molecule has 1 aliphatic heterocycles. The summed E-state index contributed by atoms with van der Waals surface area (Å²) in [6.07, 6.45) is 3.15. The third-order valence-corrected chi connectivity index (χ3v) is 5.42. The molecule has 2 aromatic heterocycles. The van der Waals surface area contributed by atoms with Gasteiger partial charge in [0.15, 0.2) is 5.69 Å². The van der Waals surface area contributed by atoms with Crippen molar-refractivity contribution in [3.8, 4) is 0 Å². The minimum Gasteiger partial charge on any atom is -0.321 e. The van der Waals surface area contributed by atoms with Crippen LogP contribution in [0.4, 0.5) is 5.69 Å². The summed E-state index contributed by atoms with van der Waals surface area (Å²) in [5, 5.41) is 14.5. The van der Waals surface area contributed by atoms with Crippen LogP contribution in [0.5, 0.6) is 0 Å². The number of hydrogen-bond acceptors (Lipinski definition) is 5. The van der Waals surface area contributed by atoms with E-state index in [0.29, 0.717) is 5.69 Å². The van der Waals surface area contributed by atoms with Gasteiger partial charge in [0, 0.05) is 11.7 Å². The second-order valence-electron chi connectivity index (χ2n) is 5.96. The first kappa shape index (κ1) is 15.3. The van der Waals surface area contributed by atoms with Gasteiger partial charge in [-0.1, -0.05) is 6.92 Å². The number of thiazole rings is 1. The highest BCUT2D eigenvalue weighted by Gasteiger charge is 2.20. The lowest BCUT2D eigenvalue weighted by molar-refractivity contribution is 0.102. The molecule has 1 atom stereocenters. The molecule has 6 nitrogen and oxygen atoms in total. The zero-order valence-electron chi connectivity index (χ0n) is 13.4. The number of aromatic nitrogens is 3. The first-order chi connectivity index (χ1) is 11.7. The van der Waals surface area contributed by atoms with Gasteiger partial charge in [0.25, 0.3) is 5.91 Å². The van der Waals surface area contributed by atoms with Crippen LogP contribution in [0.15, 0.2) is 24.3 Å². The van der Waals surface area contributed by atoms with Crippen molar-refractivity contribution in [3.05, 3.63) is 40.7 Å². The van der Waals surface area contributed by atoms with E-state index in [4.69, 9.17) is 0 Å². The molecule has 1 fully saturated rings. The van der Waals surface area contributed by atoms with Gasteiger partial charge in [0.2, 0.25) is 0 Å². The lowest BCUT2D eigenvalue weighted by Crippen LogP contribution is -2.13. The number of aryl methyl sites for hydroxylation is 1. The third kappa shape index (κ3) is 2.92. The summed E-state index contributed by atoms with van der Waals surface area (Å²) in [4.78, 5) is 17.0. The first-order valence-corrected chi connectivity index (χ1v) is 9.04. The molecule has 3 N–H and O–H groups in total. The Hall–Kier alpha value is -2.25. The van der Waals surface area contributed by atoms with Gasteiger partial charge in [-0.2, -0.15) is 5.10 Å². The monoisotopic (exact) mass is 341 g/mol. The standard InChI is InChI=1S/C17H19N5OS/c1-2-16-20-12-6-5-10(8-15(12)24-16)19-17(23)14-9-13(21-22-14)11-4-3-7-18-11/h5-6,8-9,11,18H,2-4,7H2,1H3,(H,19,23)(H,21,22). The Bertz CT molecular complexity index is 878. The maximum atomic E-state index is 12.4. The highest BCUT2D eigenvalue weighted by molar-refractivity contribution is 7.18. The van der Waals surface area contributed by atoms with E-state index in [9.17, 15) is 4.79 Å². The fourth-order valence-corrected chi connectivity index (χ4v) is 3.92. The van der Waals surface area contributed by atoms with E-state index >= 15 is 0 Å². The van der Waals surface area contributed by atoms with Gasteiger partial charge < -0.3 is 10.6 Å². The third-order valence-electron chi connectivity index (χ3n) is 4.26. The normalized spacial score (nSPS) is 17.5. The molecule has 7 heteroatoms. The highest BCUT2D eigenvalue weighted by Crippen LogP contribution is 2.26. The molecule has 0 saturated carbocycles. The topological polar surface area (TPSA) is 82.7 Å². The Morgan fingerprint density at radius 1 is 1.42 bits per heavy atom. The van der Waals surface area contributed by atoms with Crippen LogP contribution >= 0.6 is 11.3 Å². The van der Waals surface area contributed by atoms with Gasteiger partial charge >= 0.3 is 0 Å². The molecule has 3 heterocycles. The quantitative estimate of drug-likeness (QED) is 0.680. The van der Waals surface area contributed by atoms with Crippen molar-refractivity contribution in [1.29, 1.82) is 0 Å².